The molecule has 1 aliphatic rings. The van der Waals surface area contributed by atoms with E-state index in [4.69, 9.17) is 5.73 Å². The molecule has 0 unspecified atom stereocenters. The zero-order chi connectivity index (χ0) is 18.0. The van der Waals surface area contributed by atoms with Crippen molar-refractivity contribution in [3.05, 3.63) is 65.5 Å². The van der Waals surface area contributed by atoms with E-state index in [0.29, 0.717) is 12.5 Å². The van der Waals surface area contributed by atoms with Crippen molar-refractivity contribution in [3.63, 3.8) is 0 Å². The highest BCUT2D eigenvalue weighted by molar-refractivity contribution is 7.89. The van der Waals surface area contributed by atoms with Gasteiger partial charge in [0, 0.05) is 18.7 Å². The van der Waals surface area contributed by atoms with Crippen LogP contribution in [-0.2, 0) is 16.6 Å². The second-order valence-electron chi connectivity index (χ2n) is 6.26. The first kappa shape index (κ1) is 17.6. The molecule has 0 heterocycles. The Balaban J connectivity index is 1.87. The number of primary amides is 1. The van der Waals surface area contributed by atoms with Gasteiger partial charge < -0.3 is 5.73 Å². The van der Waals surface area contributed by atoms with Crippen LogP contribution >= 0.6 is 0 Å². The minimum absolute atomic E-state index is 0.111. The van der Waals surface area contributed by atoms with E-state index >= 15 is 0 Å². The van der Waals surface area contributed by atoms with Gasteiger partial charge in [-0.05, 0) is 60.7 Å². The van der Waals surface area contributed by atoms with E-state index in [0.717, 1.165) is 18.4 Å². The number of hydrogen-bond donors (Lipinski definition) is 1. The van der Waals surface area contributed by atoms with E-state index < -0.39 is 15.9 Å². The number of amides is 1. The van der Waals surface area contributed by atoms with Crippen LogP contribution in [0.4, 0.5) is 4.39 Å². The van der Waals surface area contributed by atoms with Gasteiger partial charge in [-0.1, -0.05) is 12.1 Å². The van der Waals surface area contributed by atoms with E-state index in [9.17, 15) is 17.6 Å². The summed E-state index contributed by atoms with van der Waals surface area (Å²) in [6.07, 6.45) is 2.02. The fourth-order valence-electron chi connectivity index (χ4n) is 2.57. The highest BCUT2D eigenvalue weighted by Crippen LogP contribution is 2.32. The molecule has 2 N–H and O–H groups in total. The SMILES string of the molecule is NC(=O)c1ccc(S(=O)(=O)N(Cc2ccc(F)cc2)CC2CC2)cc1. The van der Waals surface area contributed by atoms with Crippen molar-refractivity contribution < 1.29 is 17.6 Å². The number of rotatable bonds is 7. The summed E-state index contributed by atoms with van der Waals surface area (Å²) in [7, 11) is -3.72. The third kappa shape index (κ3) is 4.24. The predicted molar refractivity (Wildman–Crippen MR) is 91.7 cm³/mol. The van der Waals surface area contributed by atoms with Crippen molar-refractivity contribution in [1.29, 1.82) is 0 Å². The lowest BCUT2D eigenvalue weighted by Gasteiger charge is -2.22. The van der Waals surface area contributed by atoms with Crippen molar-refractivity contribution in [2.24, 2.45) is 11.7 Å². The van der Waals surface area contributed by atoms with Gasteiger partial charge in [0.25, 0.3) is 0 Å². The van der Waals surface area contributed by atoms with Gasteiger partial charge in [0.15, 0.2) is 0 Å². The van der Waals surface area contributed by atoms with Crippen molar-refractivity contribution in [3.8, 4) is 0 Å². The Morgan fingerprint density at radius 1 is 1.08 bits per heavy atom. The molecular weight excluding hydrogens is 343 g/mol. The minimum Gasteiger partial charge on any atom is -0.366 e. The van der Waals surface area contributed by atoms with Crippen molar-refractivity contribution in [2.45, 2.75) is 24.3 Å². The number of carbonyl (C=O) groups excluding carboxylic acids is 1. The third-order valence-corrected chi connectivity index (χ3v) is 6.03. The summed E-state index contributed by atoms with van der Waals surface area (Å²) >= 11 is 0. The molecule has 0 radical (unpaired) electrons. The molecule has 1 saturated carbocycles. The predicted octanol–water partition coefficient (Wildman–Crippen LogP) is 2.53. The molecular formula is C18H19FN2O3S. The topological polar surface area (TPSA) is 80.5 Å². The van der Waals surface area contributed by atoms with Gasteiger partial charge in [0.2, 0.25) is 15.9 Å². The number of nitrogens with two attached hydrogens (primary N) is 1. The summed E-state index contributed by atoms with van der Waals surface area (Å²) in [5, 5.41) is 0. The number of sulfonamides is 1. The van der Waals surface area contributed by atoms with Crippen LogP contribution in [-0.4, -0.2) is 25.2 Å². The molecule has 1 aliphatic carbocycles. The molecule has 132 valence electrons. The van der Waals surface area contributed by atoms with Gasteiger partial charge in [0.05, 0.1) is 4.90 Å². The average molecular weight is 362 g/mol. The number of halogens is 1. The summed E-state index contributed by atoms with van der Waals surface area (Å²) < 4.78 is 40.5. The molecule has 0 spiro atoms. The average Bonchev–Trinajstić information content (AvgIpc) is 3.40. The van der Waals surface area contributed by atoms with E-state index in [1.54, 1.807) is 12.1 Å². The van der Waals surface area contributed by atoms with E-state index in [1.165, 1.54) is 40.7 Å². The number of benzene rings is 2. The lowest BCUT2D eigenvalue weighted by molar-refractivity contribution is 0.1000. The third-order valence-electron chi connectivity index (χ3n) is 4.21. The zero-order valence-electron chi connectivity index (χ0n) is 13.6. The van der Waals surface area contributed by atoms with Gasteiger partial charge in [0.1, 0.15) is 5.82 Å². The normalized spacial score (nSPS) is 14.6. The molecule has 2 aromatic carbocycles. The van der Waals surface area contributed by atoms with Crippen LogP contribution in [0.2, 0.25) is 0 Å². The van der Waals surface area contributed by atoms with Crippen LogP contribution in [0.1, 0.15) is 28.8 Å². The van der Waals surface area contributed by atoms with Gasteiger partial charge in [-0.3, -0.25) is 4.79 Å². The molecule has 7 heteroatoms. The Morgan fingerprint density at radius 2 is 1.68 bits per heavy atom. The van der Waals surface area contributed by atoms with Gasteiger partial charge >= 0.3 is 0 Å². The first-order valence-electron chi connectivity index (χ1n) is 8.01. The van der Waals surface area contributed by atoms with E-state index in [-0.39, 0.29) is 22.8 Å². The Labute approximate surface area is 146 Å². The lowest BCUT2D eigenvalue weighted by Crippen LogP contribution is -2.32. The molecule has 0 aliphatic heterocycles. The summed E-state index contributed by atoms with van der Waals surface area (Å²) in [6.45, 7) is 0.605. The second-order valence-corrected chi connectivity index (χ2v) is 8.19. The van der Waals surface area contributed by atoms with Crippen LogP contribution in [0.3, 0.4) is 0 Å². The van der Waals surface area contributed by atoms with Gasteiger partial charge in [-0.2, -0.15) is 4.31 Å². The van der Waals surface area contributed by atoms with E-state index in [1.807, 2.05) is 0 Å². The fraction of sp³-hybridized carbons (Fsp3) is 0.278. The molecule has 3 rings (SSSR count). The van der Waals surface area contributed by atoms with Crippen molar-refractivity contribution >= 4 is 15.9 Å². The number of carbonyl (C=O) groups is 1. The maximum atomic E-state index is 13.1. The standard InChI is InChI=1S/C18H19FN2O3S/c19-16-7-3-14(4-8-16)12-21(11-13-1-2-13)25(23,24)17-9-5-15(6-10-17)18(20)22/h3-10,13H,1-2,11-12H2,(H2,20,22). The molecule has 1 fully saturated rings. The molecule has 25 heavy (non-hydrogen) atoms. The van der Waals surface area contributed by atoms with Crippen LogP contribution in [0.5, 0.6) is 0 Å². The largest absolute Gasteiger partial charge is 0.366 e. The maximum Gasteiger partial charge on any atom is 0.248 e. The maximum absolute atomic E-state index is 13.1. The lowest BCUT2D eigenvalue weighted by atomic mass is 10.2. The van der Waals surface area contributed by atoms with E-state index in [2.05, 4.69) is 0 Å². The van der Waals surface area contributed by atoms with Crippen molar-refractivity contribution in [2.75, 3.05) is 6.54 Å². The Bertz CT molecular complexity index is 860. The molecule has 1 amide bonds. The summed E-state index contributed by atoms with van der Waals surface area (Å²) in [6, 6.07) is 11.4. The van der Waals surface area contributed by atoms with Crippen LogP contribution in [0.25, 0.3) is 0 Å². The summed E-state index contributed by atoms with van der Waals surface area (Å²) in [4.78, 5) is 11.3. The molecule has 0 atom stereocenters. The minimum atomic E-state index is -3.72. The monoisotopic (exact) mass is 362 g/mol. The Kier molecular flexibility index (Phi) is 4.87. The van der Waals surface area contributed by atoms with Crippen LogP contribution in [0.15, 0.2) is 53.4 Å². The Hall–Kier alpha value is -2.25. The summed E-state index contributed by atoms with van der Waals surface area (Å²) in [5.41, 5.74) is 6.17. The van der Waals surface area contributed by atoms with Crippen LogP contribution in [0, 0.1) is 11.7 Å². The highest BCUT2D eigenvalue weighted by Gasteiger charge is 2.31. The Morgan fingerprint density at radius 3 is 2.20 bits per heavy atom. The molecule has 2 aromatic rings. The molecule has 5 nitrogen and oxygen atoms in total. The first-order chi connectivity index (χ1) is 11.9. The second kappa shape index (κ2) is 6.93. The fourth-order valence-corrected chi connectivity index (χ4v) is 4.07. The molecule has 0 aromatic heterocycles. The van der Waals surface area contributed by atoms with Crippen LogP contribution < -0.4 is 5.73 Å². The van der Waals surface area contributed by atoms with Crippen molar-refractivity contribution in [1.82, 2.24) is 4.31 Å². The molecule has 0 saturated heterocycles. The quantitative estimate of drug-likeness (QED) is 0.822. The van der Waals surface area contributed by atoms with Gasteiger partial charge in [-0.15, -0.1) is 0 Å². The summed E-state index contributed by atoms with van der Waals surface area (Å²) in [5.74, 6) is -0.604. The highest BCUT2D eigenvalue weighted by atomic mass is 32.2. The number of hydrogen-bond acceptors (Lipinski definition) is 3. The zero-order valence-corrected chi connectivity index (χ0v) is 14.4. The molecule has 0 bridgehead atoms. The first-order valence-corrected chi connectivity index (χ1v) is 9.45. The smallest absolute Gasteiger partial charge is 0.248 e. The van der Waals surface area contributed by atoms with Gasteiger partial charge in [-0.25, -0.2) is 12.8 Å². The number of nitrogens with zero attached hydrogens (tertiary/aromatic N) is 1.